The summed E-state index contributed by atoms with van der Waals surface area (Å²) < 4.78 is 2.12. The maximum Gasteiger partial charge on any atom is 0.271 e. The Morgan fingerprint density at radius 2 is 1.49 bits per heavy atom. The minimum Gasteiger partial charge on any atom is -0.318 e. The second kappa shape index (κ2) is 10.2. The van der Waals surface area contributed by atoms with Crippen LogP contribution in [0.2, 0.25) is 0 Å². The number of rotatable bonds is 6. The highest BCUT2D eigenvalue weighted by molar-refractivity contribution is 5.95. The molecular formula is C30H30N4O3. The van der Waals surface area contributed by atoms with E-state index in [1.54, 1.807) is 18.3 Å². The second-order valence-electron chi connectivity index (χ2n) is 10.0. The van der Waals surface area contributed by atoms with Gasteiger partial charge in [-0.25, -0.2) is 5.43 Å². The highest BCUT2D eigenvalue weighted by atomic mass is 16.6. The predicted octanol–water partition coefficient (Wildman–Crippen LogP) is 6.73. The van der Waals surface area contributed by atoms with Crippen molar-refractivity contribution in [1.29, 1.82) is 0 Å². The highest BCUT2D eigenvalue weighted by Crippen LogP contribution is 2.26. The van der Waals surface area contributed by atoms with Crippen molar-refractivity contribution in [3.63, 3.8) is 0 Å². The molecule has 4 aromatic rings. The lowest BCUT2D eigenvalue weighted by Crippen LogP contribution is -2.18. The lowest BCUT2D eigenvalue weighted by molar-refractivity contribution is -0.384. The zero-order valence-corrected chi connectivity index (χ0v) is 21.6. The molecule has 37 heavy (non-hydrogen) atoms. The summed E-state index contributed by atoms with van der Waals surface area (Å²) in [7, 11) is 0. The van der Waals surface area contributed by atoms with E-state index in [9.17, 15) is 14.9 Å². The van der Waals surface area contributed by atoms with Gasteiger partial charge in [-0.2, -0.15) is 5.10 Å². The molecule has 0 fully saturated rings. The highest BCUT2D eigenvalue weighted by Gasteiger charge is 2.14. The van der Waals surface area contributed by atoms with Crippen molar-refractivity contribution in [2.75, 3.05) is 0 Å². The number of nitro benzene ring substituents is 1. The molecule has 0 aliphatic heterocycles. The zero-order chi connectivity index (χ0) is 26.7. The summed E-state index contributed by atoms with van der Waals surface area (Å²) >= 11 is 0. The molecule has 0 bridgehead atoms. The Labute approximate surface area is 216 Å². The molecule has 0 saturated carbocycles. The van der Waals surface area contributed by atoms with Gasteiger partial charge >= 0.3 is 0 Å². The molecular weight excluding hydrogens is 464 g/mol. The number of hydrogen-bond acceptors (Lipinski definition) is 4. The average molecular weight is 495 g/mol. The first-order valence-electron chi connectivity index (χ1n) is 12.0. The first kappa shape index (κ1) is 25.6. The smallest absolute Gasteiger partial charge is 0.271 e. The summed E-state index contributed by atoms with van der Waals surface area (Å²) in [6.45, 7) is 10.4. The molecule has 0 saturated heterocycles. The molecule has 1 aromatic heterocycles. The number of nitrogens with one attached hydrogen (secondary N) is 1. The molecule has 1 N–H and O–H groups in total. The van der Waals surface area contributed by atoms with Crippen LogP contribution in [0.1, 0.15) is 53.6 Å². The lowest BCUT2D eigenvalue weighted by atomic mass is 9.87. The van der Waals surface area contributed by atoms with Crippen LogP contribution in [0, 0.1) is 24.0 Å². The van der Waals surface area contributed by atoms with E-state index in [1.807, 2.05) is 68.4 Å². The fraction of sp³-hybridized carbons (Fsp3) is 0.200. The molecule has 0 unspecified atom stereocenters. The Bertz CT molecular complexity index is 1460. The van der Waals surface area contributed by atoms with Gasteiger partial charge in [-0.3, -0.25) is 14.9 Å². The first-order chi connectivity index (χ1) is 17.5. The van der Waals surface area contributed by atoms with Crippen LogP contribution in [0.3, 0.4) is 0 Å². The monoisotopic (exact) mass is 494 g/mol. The Morgan fingerprint density at radius 3 is 2.03 bits per heavy atom. The molecule has 0 radical (unpaired) electrons. The second-order valence-corrected chi connectivity index (χ2v) is 10.0. The van der Waals surface area contributed by atoms with Gasteiger partial charge in [0.2, 0.25) is 0 Å². The largest absolute Gasteiger partial charge is 0.318 e. The standard InChI is InChI=1S/C30H30N4O3/c1-20-18-25(19-31-32-29(35)24-6-12-26(13-7-24)30(3,4)5)21(2)33(20)27-14-8-22(9-15-27)23-10-16-28(17-11-23)34(36)37/h6-19H,1-5H3,(H,32,35)/b31-19-. The maximum absolute atomic E-state index is 12.5. The number of benzene rings is 3. The molecule has 0 spiro atoms. The topological polar surface area (TPSA) is 89.5 Å². The molecule has 0 atom stereocenters. The summed E-state index contributed by atoms with van der Waals surface area (Å²) in [5, 5.41) is 15.1. The van der Waals surface area contributed by atoms with Crippen molar-refractivity contribution in [3.8, 4) is 16.8 Å². The summed E-state index contributed by atoms with van der Waals surface area (Å²) in [6, 6.07) is 24.1. The van der Waals surface area contributed by atoms with Crippen LogP contribution in [-0.2, 0) is 5.41 Å². The molecule has 7 heteroatoms. The third-order valence-electron chi connectivity index (χ3n) is 6.39. The Balaban J connectivity index is 1.47. The first-order valence-corrected chi connectivity index (χ1v) is 12.0. The van der Waals surface area contributed by atoms with Gasteiger partial charge < -0.3 is 4.57 Å². The number of hydrazone groups is 1. The number of hydrogen-bond donors (Lipinski definition) is 1. The molecule has 7 nitrogen and oxygen atoms in total. The van der Waals surface area contributed by atoms with Crippen LogP contribution in [0.15, 0.2) is 84.0 Å². The quantitative estimate of drug-likeness (QED) is 0.183. The van der Waals surface area contributed by atoms with Gasteiger partial charge in [0.15, 0.2) is 0 Å². The number of aromatic nitrogens is 1. The van der Waals surface area contributed by atoms with Crippen LogP contribution in [0.5, 0.6) is 0 Å². The van der Waals surface area contributed by atoms with E-state index in [-0.39, 0.29) is 17.0 Å². The summed E-state index contributed by atoms with van der Waals surface area (Å²) in [6.07, 6.45) is 1.66. The summed E-state index contributed by atoms with van der Waals surface area (Å²) in [4.78, 5) is 23.0. The number of carbonyl (C=O) groups is 1. The Kier molecular flexibility index (Phi) is 7.07. The number of aryl methyl sites for hydroxylation is 1. The predicted molar refractivity (Wildman–Crippen MR) is 148 cm³/mol. The van der Waals surface area contributed by atoms with E-state index < -0.39 is 4.92 Å². The lowest BCUT2D eigenvalue weighted by Gasteiger charge is -2.18. The van der Waals surface area contributed by atoms with Gasteiger partial charge in [-0.15, -0.1) is 0 Å². The maximum atomic E-state index is 12.5. The number of non-ortho nitro benzene ring substituents is 1. The molecule has 0 aliphatic rings. The Morgan fingerprint density at radius 1 is 0.919 bits per heavy atom. The number of nitro groups is 1. The van der Waals surface area contributed by atoms with E-state index in [1.165, 1.54) is 17.7 Å². The average Bonchev–Trinajstić information content (AvgIpc) is 3.16. The minimum absolute atomic E-state index is 0.0285. The normalized spacial score (nSPS) is 11.6. The fourth-order valence-electron chi connectivity index (χ4n) is 4.24. The minimum atomic E-state index is -0.402. The molecule has 188 valence electrons. The van der Waals surface area contributed by atoms with Gasteiger partial charge in [0.25, 0.3) is 11.6 Å². The number of amides is 1. The number of nitrogens with zero attached hydrogens (tertiary/aromatic N) is 3. The van der Waals surface area contributed by atoms with Gasteiger partial charge in [0.1, 0.15) is 0 Å². The van der Waals surface area contributed by atoms with E-state index in [0.717, 1.165) is 33.8 Å². The van der Waals surface area contributed by atoms with E-state index >= 15 is 0 Å². The molecule has 0 aliphatic carbocycles. The summed E-state index contributed by atoms with van der Waals surface area (Å²) in [5.41, 5.74) is 10.2. The molecule has 4 rings (SSSR count). The van der Waals surface area contributed by atoms with Gasteiger partial charge in [-0.05, 0) is 78.4 Å². The van der Waals surface area contributed by atoms with Crippen molar-refractivity contribution in [1.82, 2.24) is 9.99 Å². The van der Waals surface area contributed by atoms with Crippen LogP contribution in [0.4, 0.5) is 5.69 Å². The van der Waals surface area contributed by atoms with Gasteiger partial charge in [-0.1, -0.05) is 45.0 Å². The van der Waals surface area contributed by atoms with Crippen LogP contribution >= 0.6 is 0 Å². The van der Waals surface area contributed by atoms with Crippen molar-refractivity contribution in [2.24, 2.45) is 5.10 Å². The van der Waals surface area contributed by atoms with Crippen molar-refractivity contribution in [2.45, 2.75) is 40.0 Å². The SMILES string of the molecule is Cc1cc(/C=N\NC(=O)c2ccc(C(C)(C)C)cc2)c(C)n1-c1ccc(-c2ccc([N+](=O)[O-])cc2)cc1. The van der Waals surface area contributed by atoms with Crippen molar-refractivity contribution >= 4 is 17.8 Å². The number of carbonyl (C=O) groups excluding carboxylic acids is 1. The van der Waals surface area contributed by atoms with Crippen molar-refractivity contribution in [3.05, 3.63) is 117 Å². The Hall–Kier alpha value is -4.52. The fourth-order valence-corrected chi connectivity index (χ4v) is 4.24. The van der Waals surface area contributed by atoms with E-state index in [2.05, 4.69) is 35.9 Å². The van der Waals surface area contributed by atoms with Crippen LogP contribution in [0.25, 0.3) is 16.8 Å². The van der Waals surface area contributed by atoms with Crippen LogP contribution < -0.4 is 5.43 Å². The van der Waals surface area contributed by atoms with Gasteiger partial charge in [0, 0.05) is 40.3 Å². The van der Waals surface area contributed by atoms with E-state index in [0.29, 0.717) is 5.56 Å². The molecule has 1 heterocycles. The zero-order valence-electron chi connectivity index (χ0n) is 21.6. The molecule has 1 amide bonds. The van der Waals surface area contributed by atoms with Crippen molar-refractivity contribution < 1.29 is 9.72 Å². The summed E-state index contributed by atoms with van der Waals surface area (Å²) in [5.74, 6) is -0.257. The van der Waals surface area contributed by atoms with E-state index in [4.69, 9.17) is 0 Å². The third-order valence-corrected chi connectivity index (χ3v) is 6.39. The van der Waals surface area contributed by atoms with Gasteiger partial charge in [0.05, 0.1) is 11.1 Å². The van der Waals surface area contributed by atoms with Crippen LogP contribution in [-0.4, -0.2) is 21.6 Å². The molecule has 3 aromatic carbocycles. The third kappa shape index (κ3) is 5.67.